The standard InChI is InChI=1S/C9H11F2N3/c1-9(2,12)4-3-6-5-7(8(10)11)14-13-6/h5,8H,12H2,1-2H3,(H,13,14). The monoisotopic (exact) mass is 199 g/mol. The number of halogens is 2. The molecule has 0 unspecified atom stereocenters. The van der Waals surface area contributed by atoms with Gasteiger partial charge in [-0.05, 0) is 19.8 Å². The maximum absolute atomic E-state index is 12.1. The maximum Gasteiger partial charge on any atom is 0.282 e. The van der Waals surface area contributed by atoms with Crippen molar-refractivity contribution in [1.82, 2.24) is 10.2 Å². The number of nitrogens with one attached hydrogen (secondary N) is 1. The van der Waals surface area contributed by atoms with E-state index in [0.717, 1.165) is 0 Å². The molecule has 0 saturated heterocycles. The molecule has 1 aromatic rings. The molecule has 1 rings (SSSR count). The van der Waals surface area contributed by atoms with Crippen LogP contribution in [0.3, 0.4) is 0 Å². The Balaban J connectivity index is 2.82. The third kappa shape index (κ3) is 3.15. The highest BCUT2D eigenvalue weighted by molar-refractivity contribution is 5.31. The van der Waals surface area contributed by atoms with Crippen molar-refractivity contribution >= 4 is 0 Å². The lowest BCUT2D eigenvalue weighted by molar-refractivity contribution is 0.146. The van der Waals surface area contributed by atoms with Crippen molar-refractivity contribution in [3.63, 3.8) is 0 Å². The minimum atomic E-state index is -2.58. The molecule has 0 radical (unpaired) electrons. The summed E-state index contributed by atoms with van der Waals surface area (Å²) in [6.07, 6.45) is -2.58. The Morgan fingerprint density at radius 2 is 2.21 bits per heavy atom. The van der Waals surface area contributed by atoms with E-state index >= 15 is 0 Å². The van der Waals surface area contributed by atoms with Gasteiger partial charge in [0.05, 0.1) is 5.54 Å². The minimum absolute atomic E-state index is 0.302. The van der Waals surface area contributed by atoms with E-state index < -0.39 is 12.0 Å². The highest BCUT2D eigenvalue weighted by Gasteiger charge is 2.10. The molecule has 0 saturated carbocycles. The second-order valence-electron chi connectivity index (χ2n) is 3.48. The molecule has 0 amide bonds. The Morgan fingerprint density at radius 3 is 2.64 bits per heavy atom. The quantitative estimate of drug-likeness (QED) is 0.672. The van der Waals surface area contributed by atoms with Gasteiger partial charge in [0.25, 0.3) is 6.43 Å². The number of nitrogens with zero attached hydrogens (tertiary/aromatic N) is 1. The Bertz CT molecular complexity index is 365. The Hall–Kier alpha value is -1.41. The Labute approximate surface area is 80.7 Å². The summed E-state index contributed by atoms with van der Waals surface area (Å²) in [5.41, 5.74) is 5.00. The van der Waals surface area contributed by atoms with Crippen molar-refractivity contribution in [3.05, 3.63) is 17.5 Å². The van der Waals surface area contributed by atoms with Crippen LogP contribution in [0.1, 0.15) is 31.7 Å². The summed E-state index contributed by atoms with van der Waals surface area (Å²) in [5.74, 6) is 5.34. The van der Waals surface area contributed by atoms with Crippen LogP contribution in [-0.2, 0) is 0 Å². The van der Waals surface area contributed by atoms with Gasteiger partial charge in [-0.3, -0.25) is 5.10 Å². The summed E-state index contributed by atoms with van der Waals surface area (Å²) in [6, 6.07) is 1.21. The van der Waals surface area contributed by atoms with E-state index in [9.17, 15) is 8.78 Å². The van der Waals surface area contributed by atoms with Gasteiger partial charge in [-0.1, -0.05) is 5.92 Å². The number of nitrogens with two attached hydrogens (primary N) is 1. The predicted octanol–water partition coefficient (Wildman–Crippen LogP) is 1.44. The van der Waals surface area contributed by atoms with Gasteiger partial charge >= 0.3 is 0 Å². The van der Waals surface area contributed by atoms with Gasteiger partial charge in [-0.15, -0.1) is 0 Å². The number of rotatable bonds is 1. The number of alkyl halides is 2. The summed E-state index contributed by atoms with van der Waals surface area (Å²) < 4.78 is 24.2. The minimum Gasteiger partial charge on any atom is -0.316 e. The molecule has 0 aromatic carbocycles. The molecule has 0 spiro atoms. The van der Waals surface area contributed by atoms with E-state index in [2.05, 4.69) is 22.0 Å². The van der Waals surface area contributed by atoms with Gasteiger partial charge in [0.1, 0.15) is 11.4 Å². The van der Waals surface area contributed by atoms with Gasteiger partial charge in [-0.2, -0.15) is 5.10 Å². The summed E-state index contributed by atoms with van der Waals surface area (Å²) in [4.78, 5) is 0. The van der Waals surface area contributed by atoms with Gasteiger partial charge in [0.15, 0.2) is 0 Å². The Morgan fingerprint density at radius 1 is 1.57 bits per heavy atom. The topological polar surface area (TPSA) is 54.7 Å². The molecule has 0 bridgehead atoms. The average molecular weight is 199 g/mol. The van der Waals surface area contributed by atoms with Gasteiger partial charge in [0.2, 0.25) is 0 Å². The zero-order chi connectivity index (χ0) is 10.8. The number of hydrogen-bond acceptors (Lipinski definition) is 2. The van der Waals surface area contributed by atoms with Gasteiger partial charge < -0.3 is 5.73 Å². The van der Waals surface area contributed by atoms with E-state index in [0.29, 0.717) is 5.69 Å². The predicted molar refractivity (Wildman–Crippen MR) is 48.7 cm³/mol. The second-order valence-corrected chi connectivity index (χ2v) is 3.48. The summed E-state index contributed by atoms with van der Waals surface area (Å²) in [6.45, 7) is 3.45. The summed E-state index contributed by atoms with van der Waals surface area (Å²) in [5, 5.41) is 5.80. The van der Waals surface area contributed by atoms with E-state index in [1.807, 2.05) is 0 Å². The highest BCUT2D eigenvalue weighted by Crippen LogP contribution is 2.15. The van der Waals surface area contributed by atoms with E-state index in [4.69, 9.17) is 5.73 Å². The largest absolute Gasteiger partial charge is 0.316 e. The van der Waals surface area contributed by atoms with Crippen LogP contribution in [0.2, 0.25) is 0 Å². The zero-order valence-electron chi connectivity index (χ0n) is 7.94. The van der Waals surface area contributed by atoms with Crippen molar-refractivity contribution in [3.8, 4) is 11.8 Å². The Kier molecular flexibility index (Phi) is 2.87. The van der Waals surface area contributed by atoms with E-state index in [1.54, 1.807) is 13.8 Å². The molecule has 0 fully saturated rings. The van der Waals surface area contributed by atoms with Crippen LogP contribution in [0.4, 0.5) is 8.78 Å². The molecule has 3 nitrogen and oxygen atoms in total. The maximum atomic E-state index is 12.1. The number of hydrogen-bond donors (Lipinski definition) is 2. The average Bonchev–Trinajstić information content (AvgIpc) is 2.47. The fourth-order valence-corrected chi connectivity index (χ4v) is 0.741. The van der Waals surface area contributed by atoms with Crippen LogP contribution in [0.15, 0.2) is 6.07 Å². The van der Waals surface area contributed by atoms with Crippen molar-refractivity contribution < 1.29 is 8.78 Å². The first-order chi connectivity index (χ1) is 6.38. The lowest BCUT2D eigenvalue weighted by Crippen LogP contribution is -2.29. The van der Waals surface area contributed by atoms with Crippen LogP contribution in [0.25, 0.3) is 0 Å². The first kappa shape index (κ1) is 10.7. The fraction of sp³-hybridized carbons (Fsp3) is 0.444. The molecule has 14 heavy (non-hydrogen) atoms. The molecule has 1 heterocycles. The molecule has 3 N–H and O–H groups in total. The first-order valence-electron chi connectivity index (χ1n) is 4.04. The molecular weight excluding hydrogens is 188 g/mol. The third-order valence-corrected chi connectivity index (χ3v) is 1.34. The highest BCUT2D eigenvalue weighted by atomic mass is 19.3. The van der Waals surface area contributed by atoms with Crippen LogP contribution in [0.5, 0.6) is 0 Å². The van der Waals surface area contributed by atoms with Crippen molar-refractivity contribution in [2.45, 2.75) is 25.8 Å². The molecule has 76 valence electrons. The summed E-state index contributed by atoms with van der Waals surface area (Å²) in [7, 11) is 0. The van der Waals surface area contributed by atoms with Gasteiger partial charge in [0, 0.05) is 6.07 Å². The number of aromatic amines is 1. The SMILES string of the molecule is CC(C)(N)C#Cc1cc(C(F)F)n[nH]1. The molecule has 0 atom stereocenters. The molecule has 5 heteroatoms. The molecule has 0 aliphatic heterocycles. The molecular formula is C9H11F2N3. The molecule has 0 aliphatic carbocycles. The normalized spacial score (nSPS) is 11.3. The third-order valence-electron chi connectivity index (χ3n) is 1.34. The van der Waals surface area contributed by atoms with E-state index in [1.165, 1.54) is 6.07 Å². The van der Waals surface area contributed by atoms with Crippen molar-refractivity contribution in [1.29, 1.82) is 0 Å². The van der Waals surface area contributed by atoms with Crippen LogP contribution >= 0.6 is 0 Å². The van der Waals surface area contributed by atoms with Crippen molar-refractivity contribution in [2.24, 2.45) is 5.73 Å². The van der Waals surface area contributed by atoms with Crippen LogP contribution in [-0.4, -0.2) is 15.7 Å². The van der Waals surface area contributed by atoms with Crippen molar-refractivity contribution in [2.75, 3.05) is 0 Å². The fourth-order valence-electron chi connectivity index (χ4n) is 0.741. The smallest absolute Gasteiger partial charge is 0.282 e. The summed E-state index contributed by atoms with van der Waals surface area (Å²) >= 11 is 0. The second kappa shape index (κ2) is 3.76. The first-order valence-corrected chi connectivity index (χ1v) is 4.04. The zero-order valence-corrected chi connectivity index (χ0v) is 7.94. The number of H-pyrrole nitrogens is 1. The van der Waals surface area contributed by atoms with E-state index in [-0.39, 0.29) is 5.69 Å². The molecule has 1 aromatic heterocycles. The van der Waals surface area contributed by atoms with Crippen LogP contribution in [0, 0.1) is 11.8 Å². The number of aromatic nitrogens is 2. The lowest BCUT2D eigenvalue weighted by Gasteiger charge is -2.06. The van der Waals surface area contributed by atoms with Gasteiger partial charge in [-0.25, -0.2) is 8.78 Å². The lowest BCUT2D eigenvalue weighted by atomic mass is 10.1. The van der Waals surface area contributed by atoms with Crippen LogP contribution < -0.4 is 5.73 Å². The molecule has 0 aliphatic rings.